The molecule has 0 saturated heterocycles. The third kappa shape index (κ3) is 4.29. The first-order valence-electron chi connectivity index (χ1n) is 8.95. The fraction of sp³-hybridized carbons (Fsp3) is 0.400. The van der Waals surface area contributed by atoms with Gasteiger partial charge in [-0.3, -0.25) is 4.57 Å². The van der Waals surface area contributed by atoms with E-state index in [1.54, 1.807) is 88.4 Å². The van der Waals surface area contributed by atoms with Crippen molar-refractivity contribution in [3.8, 4) is 0 Å². The number of benzene rings is 2. The maximum Gasteiger partial charge on any atom is 0.370 e. The lowest BCUT2D eigenvalue weighted by Gasteiger charge is -2.39. The van der Waals surface area contributed by atoms with Crippen LogP contribution in [0.3, 0.4) is 0 Å². The van der Waals surface area contributed by atoms with Crippen molar-refractivity contribution in [1.82, 2.24) is 0 Å². The van der Waals surface area contributed by atoms with Crippen LogP contribution in [0.2, 0.25) is 0 Å². The van der Waals surface area contributed by atoms with Crippen LogP contribution in [0.15, 0.2) is 60.7 Å². The van der Waals surface area contributed by atoms with Gasteiger partial charge in [0.15, 0.2) is 7.14 Å². The van der Waals surface area contributed by atoms with Crippen molar-refractivity contribution < 1.29 is 23.3 Å². The van der Waals surface area contributed by atoms with Gasteiger partial charge in [-0.2, -0.15) is 0 Å². The van der Waals surface area contributed by atoms with Gasteiger partial charge in [-0.15, -0.1) is 0 Å². The predicted molar refractivity (Wildman–Crippen MR) is 110 cm³/mol. The molecule has 0 fully saturated rings. The summed E-state index contributed by atoms with van der Waals surface area (Å²) in [6.07, 6.45) is -0.970. The molecular formula is C20H28O5P2. The molecule has 27 heavy (non-hydrogen) atoms. The van der Waals surface area contributed by atoms with Crippen LogP contribution in [-0.4, -0.2) is 22.4 Å². The van der Waals surface area contributed by atoms with Gasteiger partial charge >= 0.3 is 7.60 Å². The van der Waals surface area contributed by atoms with Gasteiger partial charge in [-0.1, -0.05) is 60.7 Å². The third-order valence-electron chi connectivity index (χ3n) is 4.05. The third-order valence-corrected chi connectivity index (χ3v) is 11.3. The van der Waals surface area contributed by atoms with Crippen molar-refractivity contribution in [1.29, 1.82) is 0 Å². The molecule has 5 nitrogen and oxygen atoms in total. The van der Waals surface area contributed by atoms with Gasteiger partial charge < -0.3 is 18.7 Å². The van der Waals surface area contributed by atoms with Crippen molar-refractivity contribution in [2.75, 3.05) is 0 Å². The molecular weight excluding hydrogens is 382 g/mol. The Morgan fingerprint density at radius 1 is 0.778 bits per heavy atom. The van der Waals surface area contributed by atoms with Gasteiger partial charge in [0.25, 0.3) is 0 Å². The summed E-state index contributed by atoms with van der Waals surface area (Å²) in [6, 6.07) is 17.2. The van der Waals surface area contributed by atoms with E-state index in [9.17, 15) is 14.2 Å². The summed E-state index contributed by atoms with van der Waals surface area (Å²) in [7, 11) is -8.01. The molecule has 0 bridgehead atoms. The van der Waals surface area contributed by atoms with Gasteiger partial charge in [0, 0.05) is 10.6 Å². The van der Waals surface area contributed by atoms with Crippen LogP contribution in [0, 0.1) is 0 Å². The highest BCUT2D eigenvalue weighted by Crippen LogP contribution is 2.75. The highest BCUT2D eigenvalue weighted by molar-refractivity contribution is 7.88. The van der Waals surface area contributed by atoms with Gasteiger partial charge in [-0.05, 0) is 34.6 Å². The molecule has 0 aliphatic heterocycles. The van der Waals surface area contributed by atoms with Gasteiger partial charge in [0.05, 0.1) is 12.2 Å². The highest BCUT2D eigenvalue weighted by Gasteiger charge is 2.60. The van der Waals surface area contributed by atoms with Crippen LogP contribution in [-0.2, 0) is 18.2 Å². The van der Waals surface area contributed by atoms with E-state index in [4.69, 9.17) is 9.05 Å². The summed E-state index contributed by atoms with van der Waals surface area (Å²) < 4.78 is 39.5. The molecule has 148 valence electrons. The highest BCUT2D eigenvalue weighted by atomic mass is 31.2. The minimum atomic E-state index is -4.19. The second-order valence-corrected chi connectivity index (χ2v) is 12.8. The molecule has 2 aromatic rings. The average molecular weight is 410 g/mol. The lowest BCUT2D eigenvalue weighted by Crippen LogP contribution is -2.37. The quantitative estimate of drug-likeness (QED) is 0.638. The number of hydrogen-bond donors (Lipinski definition) is 1. The minimum Gasteiger partial charge on any atom is -0.371 e. The standard InChI is InChI=1S/C20H28O5P2/c1-16(2)24-27(23,25-17(3)4)20(5,21)26(22,18-12-8-6-9-13-18)19-14-10-7-11-15-19/h6-17,21H,1-5H3. The Hall–Kier alpha value is -1.22. The topological polar surface area (TPSA) is 72.8 Å². The normalized spacial score (nSPS) is 15.1. The molecule has 0 heterocycles. The smallest absolute Gasteiger partial charge is 0.370 e. The molecule has 1 atom stereocenters. The monoisotopic (exact) mass is 410 g/mol. The summed E-state index contributed by atoms with van der Waals surface area (Å²) in [5.74, 6) is 0. The van der Waals surface area contributed by atoms with Gasteiger partial charge in [0.2, 0.25) is 5.08 Å². The summed E-state index contributed by atoms with van der Waals surface area (Å²) >= 11 is 0. The average Bonchev–Trinajstić information content (AvgIpc) is 2.60. The van der Waals surface area contributed by atoms with Crippen molar-refractivity contribution in [3.05, 3.63) is 60.7 Å². The summed E-state index contributed by atoms with van der Waals surface area (Å²) in [5.41, 5.74) is 0. The van der Waals surface area contributed by atoms with Crippen molar-refractivity contribution in [2.45, 2.75) is 51.9 Å². The second kappa shape index (κ2) is 8.43. The fourth-order valence-corrected chi connectivity index (χ4v) is 9.24. The second-order valence-electron chi connectivity index (χ2n) is 7.06. The number of aliphatic hydroxyl groups is 1. The summed E-state index contributed by atoms with van der Waals surface area (Å²) in [5, 5.41) is 10.1. The van der Waals surface area contributed by atoms with E-state index in [0.717, 1.165) is 0 Å². The molecule has 1 N–H and O–H groups in total. The molecule has 0 amide bonds. The fourth-order valence-electron chi connectivity index (χ4n) is 2.87. The largest absolute Gasteiger partial charge is 0.371 e. The Balaban J connectivity index is 2.77. The maximum atomic E-state index is 14.5. The summed E-state index contributed by atoms with van der Waals surface area (Å²) in [6.45, 7) is 8.08. The molecule has 2 aromatic carbocycles. The van der Waals surface area contributed by atoms with Crippen LogP contribution in [0.25, 0.3) is 0 Å². The zero-order valence-corrected chi connectivity index (χ0v) is 18.2. The lowest BCUT2D eigenvalue weighted by atomic mass is 10.4. The lowest BCUT2D eigenvalue weighted by molar-refractivity contribution is 0.0914. The van der Waals surface area contributed by atoms with E-state index in [2.05, 4.69) is 0 Å². The molecule has 1 unspecified atom stereocenters. The zero-order valence-electron chi connectivity index (χ0n) is 16.4. The molecule has 0 aliphatic carbocycles. The molecule has 0 aromatic heterocycles. The first kappa shape index (κ1) is 22.1. The van der Waals surface area contributed by atoms with Crippen LogP contribution in [0.5, 0.6) is 0 Å². The Morgan fingerprint density at radius 2 is 1.11 bits per heavy atom. The minimum absolute atomic E-state index is 0.390. The number of hydrogen-bond acceptors (Lipinski definition) is 5. The van der Waals surface area contributed by atoms with Crippen LogP contribution >= 0.6 is 14.7 Å². The number of rotatable bonds is 8. The van der Waals surface area contributed by atoms with Gasteiger partial charge in [-0.25, -0.2) is 0 Å². The molecule has 0 saturated carbocycles. The molecule has 0 radical (unpaired) electrons. The van der Waals surface area contributed by atoms with E-state index in [1.807, 2.05) is 0 Å². The zero-order chi connectivity index (χ0) is 20.3. The van der Waals surface area contributed by atoms with E-state index in [1.165, 1.54) is 6.92 Å². The first-order valence-corrected chi connectivity index (χ1v) is 12.2. The van der Waals surface area contributed by atoms with E-state index in [-0.39, 0.29) is 0 Å². The Kier molecular flexibility index (Phi) is 6.89. The van der Waals surface area contributed by atoms with Crippen molar-refractivity contribution in [2.24, 2.45) is 0 Å². The summed E-state index contributed by atoms with van der Waals surface area (Å²) in [4.78, 5) is 0. The molecule has 0 aliphatic rings. The predicted octanol–water partition coefficient (Wildman–Crippen LogP) is 4.71. The maximum absolute atomic E-state index is 14.5. The van der Waals surface area contributed by atoms with Crippen LogP contribution in [0.4, 0.5) is 0 Å². The SMILES string of the molecule is CC(C)OP(=O)(OC(C)C)C(C)(O)P(=O)(c1ccccc1)c1ccccc1. The van der Waals surface area contributed by atoms with E-state index < -0.39 is 32.0 Å². The van der Waals surface area contributed by atoms with Crippen LogP contribution < -0.4 is 10.6 Å². The van der Waals surface area contributed by atoms with E-state index >= 15 is 0 Å². The Morgan fingerprint density at radius 3 is 1.41 bits per heavy atom. The van der Waals surface area contributed by atoms with Crippen molar-refractivity contribution >= 4 is 25.3 Å². The first-order chi connectivity index (χ1) is 12.5. The van der Waals surface area contributed by atoms with Crippen LogP contribution in [0.1, 0.15) is 34.6 Å². The molecule has 0 spiro atoms. The molecule has 7 heteroatoms. The Labute approximate surface area is 161 Å². The van der Waals surface area contributed by atoms with E-state index in [0.29, 0.717) is 10.6 Å². The van der Waals surface area contributed by atoms with Crippen molar-refractivity contribution in [3.63, 3.8) is 0 Å². The van der Waals surface area contributed by atoms with Gasteiger partial charge in [0.1, 0.15) is 0 Å². The molecule has 2 rings (SSSR count). The Bertz CT molecular complexity index is 774.